The molecule has 0 N–H and O–H groups in total. The molecule has 0 radical (unpaired) electrons. The van der Waals surface area contributed by atoms with Crippen LogP contribution in [0.3, 0.4) is 0 Å². The molecule has 1 aliphatic heterocycles. The summed E-state index contributed by atoms with van der Waals surface area (Å²) in [6.07, 6.45) is 1.53. The minimum atomic E-state index is -0.666. The second-order valence-corrected chi connectivity index (χ2v) is 7.26. The minimum Gasteiger partial charge on any atom is -0.340 e. The molecule has 2 heterocycles. The standard InChI is InChI=1S/C23H20FN3O3/c1-14-17(12-18-21(28)25(2)23(30)26(3)22(18)29)16-9-5-7-11-20(16)27(14)13-15-8-4-6-10-19(15)24/h4-12H,13H2,1-3H3. The largest absolute Gasteiger partial charge is 0.340 e. The lowest BCUT2D eigenvalue weighted by Gasteiger charge is -2.28. The number of barbiturate groups is 1. The monoisotopic (exact) mass is 405 g/mol. The zero-order valence-corrected chi connectivity index (χ0v) is 16.8. The van der Waals surface area contributed by atoms with E-state index in [4.69, 9.17) is 0 Å². The van der Waals surface area contributed by atoms with Crippen LogP contribution in [0.1, 0.15) is 16.8 Å². The van der Waals surface area contributed by atoms with Crippen LogP contribution in [0, 0.1) is 12.7 Å². The summed E-state index contributed by atoms with van der Waals surface area (Å²) in [6.45, 7) is 2.17. The maximum absolute atomic E-state index is 14.3. The van der Waals surface area contributed by atoms with Gasteiger partial charge in [0.1, 0.15) is 11.4 Å². The second kappa shape index (κ2) is 7.26. The lowest BCUT2D eigenvalue weighted by molar-refractivity contribution is -0.134. The molecule has 4 rings (SSSR count). The van der Waals surface area contributed by atoms with Crippen molar-refractivity contribution in [2.75, 3.05) is 14.1 Å². The van der Waals surface area contributed by atoms with Gasteiger partial charge >= 0.3 is 6.03 Å². The Bertz CT molecular complexity index is 1220. The number of carbonyl (C=O) groups is 3. The Morgan fingerprint density at radius 2 is 1.50 bits per heavy atom. The van der Waals surface area contributed by atoms with Gasteiger partial charge in [0.15, 0.2) is 0 Å². The van der Waals surface area contributed by atoms with Crippen LogP contribution >= 0.6 is 0 Å². The van der Waals surface area contributed by atoms with Gasteiger partial charge in [-0.1, -0.05) is 36.4 Å². The highest BCUT2D eigenvalue weighted by atomic mass is 19.1. The van der Waals surface area contributed by atoms with Crippen LogP contribution in [-0.2, 0) is 16.1 Å². The Labute approximate surface area is 172 Å². The number of imide groups is 2. The van der Waals surface area contributed by atoms with Crippen molar-refractivity contribution in [1.82, 2.24) is 14.4 Å². The number of fused-ring (bicyclic) bond motifs is 1. The quantitative estimate of drug-likeness (QED) is 0.494. The van der Waals surface area contributed by atoms with Crippen molar-refractivity contribution < 1.29 is 18.8 Å². The first-order chi connectivity index (χ1) is 14.3. The molecule has 0 spiro atoms. The third-order valence-electron chi connectivity index (χ3n) is 5.50. The van der Waals surface area contributed by atoms with E-state index in [9.17, 15) is 18.8 Å². The van der Waals surface area contributed by atoms with Gasteiger partial charge in [-0.15, -0.1) is 0 Å². The number of amides is 4. The van der Waals surface area contributed by atoms with Gasteiger partial charge in [0, 0.05) is 41.8 Å². The SMILES string of the molecule is Cc1c(C=C2C(=O)N(C)C(=O)N(C)C2=O)c2ccccc2n1Cc1ccccc1F. The first-order valence-electron chi connectivity index (χ1n) is 9.44. The molecule has 0 unspecified atom stereocenters. The summed E-state index contributed by atoms with van der Waals surface area (Å²) in [5.74, 6) is -1.59. The van der Waals surface area contributed by atoms with Crippen molar-refractivity contribution in [2.45, 2.75) is 13.5 Å². The summed E-state index contributed by atoms with van der Waals surface area (Å²) >= 11 is 0. The van der Waals surface area contributed by atoms with Gasteiger partial charge in [-0.25, -0.2) is 9.18 Å². The van der Waals surface area contributed by atoms with E-state index >= 15 is 0 Å². The van der Waals surface area contributed by atoms with Crippen molar-refractivity contribution >= 4 is 34.8 Å². The van der Waals surface area contributed by atoms with Gasteiger partial charge in [-0.3, -0.25) is 19.4 Å². The number of benzene rings is 2. The van der Waals surface area contributed by atoms with E-state index < -0.39 is 17.8 Å². The summed E-state index contributed by atoms with van der Waals surface area (Å²) in [5, 5.41) is 0.835. The van der Waals surface area contributed by atoms with Crippen LogP contribution in [0.4, 0.5) is 9.18 Å². The van der Waals surface area contributed by atoms with E-state index in [1.54, 1.807) is 18.2 Å². The molecule has 7 heteroatoms. The maximum Gasteiger partial charge on any atom is 0.333 e. The first-order valence-corrected chi connectivity index (χ1v) is 9.44. The molecule has 2 aromatic carbocycles. The number of nitrogens with zero attached hydrogens (tertiary/aromatic N) is 3. The van der Waals surface area contributed by atoms with Gasteiger partial charge in [0.25, 0.3) is 11.8 Å². The number of halogens is 1. The summed E-state index contributed by atoms with van der Waals surface area (Å²) in [4.78, 5) is 39.1. The van der Waals surface area contributed by atoms with Crippen LogP contribution in [0.2, 0.25) is 0 Å². The molecule has 1 saturated heterocycles. The van der Waals surface area contributed by atoms with Gasteiger partial charge in [0.05, 0.1) is 6.54 Å². The van der Waals surface area contributed by atoms with E-state index in [0.29, 0.717) is 17.7 Å². The number of para-hydroxylation sites is 1. The van der Waals surface area contributed by atoms with Crippen LogP contribution in [0.5, 0.6) is 0 Å². The van der Waals surface area contributed by atoms with E-state index in [1.165, 1.54) is 26.2 Å². The normalized spacial score (nSPS) is 14.8. The molecule has 1 aromatic heterocycles. The number of hydrogen-bond donors (Lipinski definition) is 0. The van der Waals surface area contributed by atoms with Crippen LogP contribution in [0.25, 0.3) is 17.0 Å². The number of urea groups is 1. The van der Waals surface area contributed by atoms with Crippen molar-refractivity contribution in [1.29, 1.82) is 0 Å². The second-order valence-electron chi connectivity index (χ2n) is 7.26. The molecule has 1 aliphatic rings. The fraction of sp³-hybridized carbons (Fsp3) is 0.174. The minimum absolute atomic E-state index is 0.0866. The fourth-order valence-electron chi connectivity index (χ4n) is 3.76. The Morgan fingerprint density at radius 1 is 0.900 bits per heavy atom. The highest BCUT2D eigenvalue weighted by molar-refractivity contribution is 6.31. The molecule has 4 amide bonds. The van der Waals surface area contributed by atoms with Gasteiger partial charge in [0.2, 0.25) is 0 Å². The van der Waals surface area contributed by atoms with Crippen LogP contribution in [0.15, 0.2) is 54.1 Å². The molecule has 6 nitrogen and oxygen atoms in total. The predicted molar refractivity (Wildman–Crippen MR) is 111 cm³/mol. The lowest BCUT2D eigenvalue weighted by atomic mass is 10.0. The summed E-state index contributed by atoms with van der Waals surface area (Å²) < 4.78 is 16.2. The molecule has 152 valence electrons. The van der Waals surface area contributed by atoms with Crippen molar-refractivity contribution in [3.05, 3.63) is 76.7 Å². The van der Waals surface area contributed by atoms with Gasteiger partial charge in [-0.05, 0) is 25.1 Å². The molecule has 3 aromatic rings. The number of rotatable bonds is 3. The number of carbonyl (C=O) groups excluding carboxylic acids is 3. The summed E-state index contributed by atoms with van der Waals surface area (Å²) in [7, 11) is 2.69. The molecular formula is C23H20FN3O3. The first kappa shape index (κ1) is 19.6. The zero-order valence-electron chi connectivity index (χ0n) is 16.8. The molecule has 0 atom stereocenters. The number of aromatic nitrogens is 1. The molecule has 1 fully saturated rings. The maximum atomic E-state index is 14.3. The Balaban J connectivity index is 1.89. The Kier molecular flexibility index (Phi) is 4.73. The lowest BCUT2D eigenvalue weighted by Crippen LogP contribution is -2.52. The predicted octanol–water partition coefficient (Wildman–Crippen LogP) is 3.57. The average Bonchev–Trinajstić information content (AvgIpc) is 3.01. The summed E-state index contributed by atoms with van der Waals surface area (Å²) in [5.41, 5.74) is 2.79. The summed E-state index contributed by atoms with van der Waals surface area (Å²) in [6, 6.07) is 13.5. The number of hydrogen-bond acceptors (Lipinski definition) is 3. The molecule has 0 saturated carbocycles. The third kappa shape index (κ3) is 2.99. The average molecular weight is 405 g/mol. The zero-order chi connectivity index (χ0) is 21.6. The Morgan fingerprint density at radius 3 is 2.17 bits per heavy atom. The molecule has 0 bridgehead atoms. The highest BCUT2D eigenvalue weighted by Gasteiger charge is 2.38. The molecule has 30 heavy (non-hydrogen) atoms. The van der Waals surface area contributed by atoms with E-state index in [-0.39, 0.29) is 11.4 Å². The topological polar surface area (TPSA) is 62.6 Å². The van der Waals surface area contributed by atoms with Crippen LogP contribution < -0.4 is 0 Å². The van der Waals surface area contributed by atoms with E-state index in [1.807, 2.05) is 35.8 Å². The van der Waals surface area contributed by atoms with E-state index in [0.717, 1.165) is 26.4 Å². The van der Waals surface area contributed by atoms with Crippen molar-refractivity contribution in [3.63, 3.8) is 0 Å². The van der Waals surface area contributed by atoms with Gasteiger partial charge < -0.3 is 4.57 Å². The van der Waals surface area contributed by atoms with E-state index in [2.05, 4.69) is 0 Å². The smallest absolute Gasteiger partial charge is 0.333 e. The highest BCUT2D eigenvalue weighted by Crippen LogP contribution is 2.30. The Hall–Kier alpha value is -3.74. The van der Waals surface area contributed by atoms with Crippen molar-refractivity contribution in [2.24, 2.45) is 0 Å². The molecule has 0 aliphatic carbocycles. The fourth-order valence-corrected chi connectivity index (χ4v) is 3.76. The van der Waals surface area contributed by atoms with Crippen molar-refractivity contribution in [3.8, 4) is 0 Å². The van der Waals surface area contributed by atoms with Gasteiger partial charge in [-0.2, -0.15) is 0 Å². The number of likely N-dealkylation sites (N-methyl/N-ethyl adjacent to an activating group) is 2. The third-order valence-corrected chi connectivity index (χ3v) is 5.50. The van der Waals surface area contributed by atoms with Crippen LogP contribution in [-0.4, -0.2) is 46.3 Å². The molecular weight excluding hydrogens is 385 g/mol.